The van der Waals surface area contributed by atoms with Gasteiger partial charge in [-0.15, -0.1) is 0 Å². The Balaban J connectivity index is 1.53. The van der Waals surface area contributed by atoms with Gasteiger partial charge < -0.3 is 19.4 Å². The van der Waals surface area contributed by atoms with Crippen LogP contribution in [-0.4, -0.2) is 76.1 Å². The molecule has 0 saturated carbocycles. The number of methoxy groups -OCH3 is 1. The topological polar surface area (TPSA) is 95.0 Å². The summed E-state index contributed by atoms with van der Waals surface area (Å²) in [5.41, 5.74) is 4.97. The number of piperazine rings is 1. The van der Waals surface area contributed by atoms with Crippen LogP contribution in [0.4, 0.5) is 13.2 Å². The number of fused-ring (bicyclic) bond motifs is 1. The van der Waals surface area contributed by atoms with Gasteiger partial charge in [0.05, 0.1) is 31.3 Å². The normalized spacial score (nSPS) is 15.5. The zero-order valence-electron chi connectivity index (χ0n) is 24.9. The molecule has 44 heavy (non-hydrogen) atoms. The Morgan fingerprint density at radius 2 is 1.89 bits per heavy atom. The van der Waals surface area contributed by atoms with E-state index in [0.717, 1.165) is 27.9 Å². The molecular weight excluding hydrogens is 597 g/mol. The number of halogens is 4. The van der Waals surface area contributed by atoms with E-state index in [4.69, 9.17) is 16.3 Å². The average Bonchev–Trinajstić information content (AvgIpc) is 3.38. The van der Waals surface area contributed by atoms with Crippen LogP contribution in [0.15, 0.2) is 47.5 Å². The number of carbonyl (C=O) groups is 1. The monoisotopic (exact) mass is 630 g/mol. The summed E-state index contributed by atoms with van der Waals surface area (Å²) in [5, 5.41) is 3.21. The average molecular weight is 631 g/mol. The Morgan fingerprint density at radius 1 is 1.16 bits per heavy atom. The molecule has 9 nitrogen and oxygen atoms in total. The molecule has 13 heteroatoms. The molecule has 0 spiro atoms. The fraction of sp³-hybridized carbons (Fsp3) is 0.387. The lowest BCUT2D eigenvalue weighted by Gasteiger charge is -2.39. The first-order valence-electron chi connectivity index (χ1n) is 14.2. The quantitative estimate of drug-likeness (QED) is 0.262. The summed E-state index contributed by atoms with van der Waals surface area (Å²) in [6.07, 6.45) is -0.710. The molecule has 2 N–H and O–H groups in total. The third-order valence-electron chi connectivity index (χ3n) is 8.17. The van der Waals surface area contributed by atoms with Gasteiger partial charge in [0.15, 0.2) is 0 Å². The van der Waals surface area contributed by atoms with Crippen molar-refractivity contribution in [1.82, 2.24) is 29.5 Å². The fourth-order valence-corrected chi connectivity index (χ4v) is 6.14. The van der Waals surface area contributed by atoms with E-state index in [1.807, 2.05) is 42.6 Å². The van der Waals surface area contributed by atoms with Gasteiger partial charge in [-0.3, -0.25) is 19.4 Å². The first-order chi connectivity index (χ1) is 20.9. The Bertz CT molecular complexity index is 1740. The van der Waals surface area contributed by atoms with Crippen LogP contribution < -0.4 is 15.6 Å². The molecule has 0 unspecified atom stereocenters. The van der Waals surface area contributed by atoms with Gasteiger partial charge >= 0.3 is 6.18 Å². The zero-order chi connectivity index (χ0) is 31.8. The third kappa shape index (κ3) is 6.62. The number of carbonyl (C=O) groups excluding carboxylic acids is 1. The van der Waals surface area contributed by atoms with Gasteiger partial charge in [-0.25, -0.2) is 4.98 Å². The van der Waals surface area contributed by atoms with Crippen molar-refractivity contribution in [3.05, 3.63) is 86.3 Å². The highest BCUT2D eigenvalue weighted by Gasteiger charge is 2.34. The van der Waals surface area contributed by atoms with E-state index in [0.29, 0.717) is 40.8 Å². The van der Waals surface area contributed by atoms with Gasteiger partial charge in [-0.2, -0.15) is 13.2 Å². The van der Waals surface area contributed by atoms with Gasteiger partial charge in [0, 0.05) is 67.1 Å². The van der Waals surface area contributed by atoms with Crippen LogP contribution >= 0.6 is 11.6 Å². The first-order valence-corrected chi connectivity index (χ1v) is 14.6. The largest absolute Gasteiger partial charge is 0.496 e. The van der Waals surface area contributed by atoms with Gasteiger partial charge in [-0.1, -0.05) is 11.6 Å². The Kier molecular flexibility index (Phi) is 9.05. The number of amides is 1. The second-order valence-corrected chi connectivity index (χ2v) is 11.4. The smallest absolute Gasteiger partial charge is 0.401 e. The summed E-state index contributed by atoms with van der Waals surface area (Å²) < 4.78 is 46.4. The predicted molar refractivity (Wildman–Crippen MR) is 162 cm³/mol. The molecule has 4 aromatic rings. The number of aromatic amines is 1. The van der Waals surface area contributed by atoms with Crippen molar-refractivity contribution in [2.45, 2.75) is 39.5 Å². The van der Waals surface area contributed by atoms with Gasteiger partial charge in [0.2, 0.25) is 0 Å². The maximum Gasteiger partial charge on any atom is 0.401 e. The molecule has 234 valence electrons. The number of aryl methyl sites for hydroxylation is 1. The van der Waals surface area contributed by atoms with Crippen LogP contribution in [0, 0.1) is 13.8 Å². The molecule has 1 atom stereocenters. The number of pyridine rings is 3. The summed E-state index contributed by atoms with van der Waals surface area (Å²) >= 11 is 6.20. The fourth-order valence-electron chi connectivity index (χ4n) is 5.96. The maximum absolute atomic E-state index is 13.8. The summed E-state index contributed by atoms with van der Waals surface area (Å²) in [6.45, 7) is 6.08. The van der Waals surface area contributed by atoms with Crippen LogP contribution in [0.2, 0.25) is 5.15 Å². The Morgan fingerprint density at radius 3 is 2.55 bits per heavy atom. The maximum atomic E-state index is 13.8. The van der Waals surface area contributed by atoms with Crippen LogP contribution in [-0.2, 0) is 6.54 Å². The van der Waals surface area contributed by atoms with Gasteiger partial charge in [0.1, 0.15) is 10.9 Å². The molecule has 0 aromatic carbocycles. The Labute approximate surface area is 257 Å². The number of nitrogens with zero attached hydrogens (tertiary/aromatic N) is 4. The number of hydrogen-bond donors (Lipinski definition) is 2. The molecule has 1 amide bonds. The number of alkyl halides is 3. The minimum atomic E-state index is -4.25. The summed E-state index contributed by atoms with van der Waals surface area (Å²) in [7, 11) is 1.47. The van der Waals surface area contributed by atoms with Gasteiger partial charge in [-0.05, 0) is 62.2 Å². The highest BCUT2D eigenvalue weighted by atomic mass is 35.5. The molecule has 1 aliphatic heterocycles. The van der Waals surface area contributed by atoms with E-state index in [-0.39, 0.29) is 37.1 Å². The molecule has 0 bridgehead atoms. The summed E-state index contributed by atoms with van der Waals surface area (Å²) in [5.74, 6) is -0.00321. The molecule has 1 aliphatic rings. The Hall–Kier alpha value is -3.87. The number of hydrogen-bond acceptors (Lipinski definition) is 6. The third-order valence-corrected chi connectivity index (χ3v) is 8.37. The number of H-pyrrole nitrogens is 1. The second kappa shape index (κ2) is 12.6. The van der Waals surface area contributed by atoms with E-state index in [9.17, 15) is 22.8 Å². The highest BCUT2D eigenvalue weighted by molar-refractivity contribution is 6.29. The van der Waals surface area contributed by atoms with Crippen molar-refractivity contribution >= 4 is 23.0 Å². The summed E-state index contributed by atoms with van der Waals surface area (Å²) in [6, 6.07) is 8.80. The van der Waals surface area contributed by atoms with E-state index in [2.05, 4.69) is 20.2 Å². The molecule has 0 aliphatic carbocycles. The van der Waals surface area contributed by atoms with Crippen LogP contribution in [0.1, 0.15) is 45.8 Å². The molecule has 5 rings (SSSR count). The van der Waals surface area contributed by atoms with Crippen LogP contribution in [0.5, 0.6) is 5.75 Å². The SMILES string of the molecule is COc1cc(C)[nH]c(=O)c1CNC(=O)c1cc2c(-c3ccnc(Cl)c3)ccn2c([C@H](C)N2CCN(CC(F)(F)F)CC2)c1C. The first kappa shape index (κ1) is 31.6. The van der Waals surface area contributed by atoms with E-state index in [1.165, 1.54) is 12.0 Å². The molecule has 5 heterocycles. The van der Waals surface area contributed by atoms with Crippen molar-refractivity contribution in [2.75, 3.05) is 39.8 Å². The molecule has 1 fully saturated rings. The molecule has 4 aromatic heterocycles. The van der Waals surface area contributed by atoms with Crippen molar-refractivity contribution in [1.29, 1.82) is 0 Å². The van der Waals surface area contributed by atoms with Crippen LogP contribution in [0.25, 0.3) is 16.6 Å². The standard InChI is InChI=1S/C31H34ClF3N6O3/c1-18-13-26(44-4)24(30(43)38-18)16-37-29(42)23-15-25-22(21-5-7-36-27(32)14-21)6-8-41(25)28(19(23)2)20(3)40-11-9-39(10-12-40)17-31(33,34)35/h5-8,13-15,20H,9-12,16-17H2,1-4H3,(H,37,42)(H,38,43)/t20-/m0/s1. The van der Waals surface area contributed by atoms with Crippen LogP contribution in [0.3, 0.4) is 0 Å². The van der Waals surface area contributed by atoms with Crippen molar-refractivity contribution < 1.29 is 22.7 Å². The second-order valence-electron chi connectivity index (χ2n) is 11.0. The van der Waals surface area contributed by atoms with Crippen molar-refractivity contribution in [2.24, 2.45) is 0 Å². The number of aromatic nitrogens is 3. The van der Waals surface area contributed by atoms with Gasteiger partial charge in [0.25, 0.3) is 11.5 Å². The minimum Gasteiger partial charge on any atom is -0.496 e. The summed E-state index contributed by atoms with van der Waals surface area (Å²) in [4.78, 5) is 36.8. The highest BCUT2D eigenvalue weighted by Crippen LogP contribution is 2.34. The lowest BCUT2D eigenvalue weighted by molar-refractivity contribution is -0.149. The van der Waals surface area contributed by atoms with E-state index >= 15 is 0 Å². The number of rotatable bonds is 8. The molecular formula is C31H34ClF3N6O3. The van der Waals surface area contributed by atoms with E-state index < -0.39 is 12.7 Å². The molecule has 0 radical (unpaired) electrons. The zero-order valence-corrected chi connectivity index (χ0v) is 25.6. The lowest BCUT2D eigenvalue weighted by Crippen LogP contribution is -2.49. The number of nitrogens with one attached hydrogen (secondary N) is 2. The van der Waals surface area contributed by atoms with Crippen molar-refractivity contribution in [3.63, 3.8) is 0 Å². The lowest BCUT2D eigenvalue weighted by atomic mass is 9.99. The van der Waals surface area contributed by atoms with E-state index in [1.54, 1.807) is 25.3 Å². The van der Waals surface area contributed by atoms with Crippen molar-refractivity contribution in [3.8, 4) is 16.9 Å². The number of ether oxygens (including phenoxy) is 1. The minimum absolute atomic E-state index is 0.0534. The predicted octanol–water partition coefficient (Wildman–Crippen LogP) is 5.14. The molecule has 1 saturated heterocycles.